The largest absolute Gasteiger partial charge is 0.378 e. The Morgan fingerprint density at radius 3 is 2.82 bits per heavy atom. The molecule has 0 aromatic carbocycles. The van der Waals surface area contributed by atoms with Gasteiger partial charge in [-0.3, -0.25) is 4.40 Å². The zero-order valence-corrected chi connectivity index (χ0v) is 17.1. The van der Waals surface area contributed by atoms with Crippen molar-refractivity contribution in [2.75, 3.05) is 19.7 Å². The molecule has 2 heterocycles. The number of unbranched alkanes of at least 4 members (excludes halogenated alkanes) is 1. The van der Waals surface area contributed by atoms with Crippen molar-refractivity contribution >= 4 is 11.6 Å². The van der Waals surface area contributed by atoms with Gasteiger partial charge in [0.25, 0.3) is 0 Å². The molecule has 2 aromatic rings. The summed E-state index contributed by atoms with van der Waals surface area (Å²) in [5, 5.41) is 15.1. The lowest BCUT2D eigenvalue weighted by molar-refractivity contribution is 0.0411. The molecular weight excluding hydrogens is 352 g/mol. The van der Waals surface area contributed by atoms with Gasteiger partial charge < -0.3 is 15.4 Å². The van der Waals surface area contributed by atoms with Gasteiger partial charge in [-0.05, 0) is 44.7 Å². The van der Waals surface area contributed by atoms with Crippen LogP contribution < -0.4 is 10.6 Å². The van der Waals surface area contributed by atoms with Crippen molar-refractivity contribution in [3.05, 3.63) is 30.2 Å². The van der Waals surface area contributed by atoms with Crippen LogP contribution in [0.1, 0.15) is 64.1 Å². The van der Waals surface area contributed by atoms with Gasteiger partial charge in [-0.2, -0.15) is 0 Å². The second-order valence-corrected chi connectivity index (χ2v) is 7.36. The van der Waals surface area contributed by atoms with E-state index in [0.29, 0.717) is 12.6 Å². The van der Waals surface area contributed by atoms with E-state index in [1.54, 1.807) is 0 Å². The molecular formula is C21H34N6O. The summed E-state index contributed by atoms with van der Waals surface area (Å²) in [6.07, 6.45) is 12.5. The Morgan fingerprint density at radius 2 is 2.00 bits per heavy atom. The van der Waals surface area contributed by atoms with Gasteiger partial charge in [0.1, 0.15) is 6.54 Å². The molecule has 0 atom stereocenters. The van der Waals surface area contributed by atoms with Crippen LogP contribution in [0.3, 0.4) is 0 Å². The van der Waals surface area contributed by atoms with Crippen molar-refractivity contribution in [3.63, 3.8) is 0 Å². The van der Waals surface area contributed by atoms with Crippen LogP contribution >= 0.6 is 0 Å². The second kappa shape index (κ2) is 11.6. The fourth-order valence-corrected chi connectivity index (χ4v) is 3.58. The normalized spacial score (nSPS) is 16.2. The molecule has 1 aliphatic rings. The van der Waals surface area contributed by atoms with E-state index in [0.717, 1.165) is 50.0 Å². The lowest BCUT2D eigenvalue weighted by Crippen LogP contribution is -2.37. The first kappa shape index (κ1) is 20.6. The average molecular weight is 387 g/mol. The van der Waals surface area contributed by atoms with E-state index >= 15 is 0 Å². The summed E-state index contributed by atoms with van der Waals surface area (Å²) >= 11 is 0. The Kier molecular flexibility index (Phi) is 8.55. The number of guanidine groups is 1. The maximum Gasteiger partial charge on any atom is 0.191 e. The van der Waals surface area contributed by atoms with Crippen LogP contribution in [0.4, 0.5) is 0 Å². The number of aromatic nitrogens is 3. The minimum atomic E-state index is 0.491. The van der Waals surface area contributed by atoms with Gasteiger partial charge in [0.05, 0.1) is 6.10 Å². The Bertz CT molecular complexity index is 721. The summed E-state index contributed by atoms with van der Waals surface area (Å²) in [5.41, 5.74) is 0.847. The number of fused-ring (bicyclic) bond motifs is 1. The maximum absolute atomic E-state index is 6.06. The highest BCUT2D eigenvalue weighted by molar-refractivity contribution is 5.79. The van der Waals surface area contributed by atoms with Crippen LogP contribution in [0.2, 0.25) is 0 Å². The van der Waals surface area contributed by atoms with Gasteiger partial charge in [0, 0.05) is 25.9 Å². The molecule has 2 aromatic heterocycles. The van der Waals surface area contributed by atoms with Gasteiger partial charge in [0.2, 0.25) is 0 Å². The van der Waals surface area contributed by atoms with Crippen molar-refractivity contribution in [2.45, 2.75) is 70.9 Å². The lowest BCUT2D eigenvalue weighted by atomic mass is 10.1. The molecule has 0 radical (unpaired) electrons. The highest BCUT2D eigenvalue weighted by atomic mass is 16.5. The van der Waals surface area contributed by atoms with Crippen LogP contribution in [-0.2, 0) is 11.3 Å². The van der Waals surface area contributed by atoms with Gasteiger partial charge in [-0.15, -0.1) is 10.2 Å². The van der Waals surface area contributed by atoms with E-state index < -0.39 is 0 Å². The Hall–Kier alpha value is -2.15. The predicted molar refractivity (Wildman–Crippen MR) is 112 cm³/mol. The predicted octanol–water partition coefficient (Wildman–Crippen LogP) is 3.30. The molecule has 1 fully saturated rings. The molecule has 7 nitrogen and oxygen atoms in total. The van der Waals surface area contributed by atoms with Gasteiger partial charge in [-0.1, -0.05) is 31.7 Å². The summed E-state index contributed by atoms with van der Waals surface area (Å²) < 4.78 is 8.03. The third kappa shape index (κ3) is 6.48. The Balaban J connectivity index is 1.37. The second-order valence-electron chi connectivity index (χ2n) is 7.36. The molecule has 7 heteroatoms. The van der Waals surface area contributed by atoms with Crippen molar-refractivity contribution in [2.24, 2.45) is 4.99 Å². The summed E-state index contributed by atoms with van der Waals surface area (Å²) in [6.45, 7) is 5.15. The van der Waals surface area contributed by atoms with E-state index in [9.17, 15) is 0 Å². The SMILES string of the molecule is CCNC(=NCc1nnc2ccccn12)NCCCCOC1CCCCCC1. The molecule has 1 aliphatic carbocycles. The quantitative estimate of drug-likeness (QED) is 0.299. The van der Waals surface area contributed by atoms with Gasteiger partial charge >= 0.3 is 0 Å². The molecule has 3 rings (SSSR count). The third-order valence-corrected chi connectivity index (χ3v) is 5.13. The number of nitrogens with zero attached hydrogens (tertiary/aromatic N) is 4. The first-order chi connectivity index (χ1) is 13.9. The minimum absolute atomic E-state index is 0.491. The van der Waals surface area contributed by atoms with Crippen LogP contribution in [0.5, 0.6) is 0 Å². The smallest absolute Gasteiger partial charge is 0.191 e. The molecule has 28 heavy (non-hydrogen) atoms. The number of aliphatic imine (C=N–C) groups is 1. The van der Waals surface area contributed by atoms with Gasteiger partial charge in [0.15, 0.2) is 17.4 Å². The van der Waals surface area contributed by atoms with E-state index in [4.69, 9.17) is 4.74 Å². The van der Waals surface area contributed by atoms with Crippen LogP contribution in [0.15, 0.2) is 29.4 Å². The van der Waals surface area contributed by atoms with Crippen molar-refractivity contribution in [1.82, 2.24) is 25.2 Å². The number of rotatable bonds is 9. The maximum atomic E-state index is 6.06. The van der Waals surface area contributed by atoms with Crippen molar-refractivity contribution in [3.8, 4) is 0 Å². The molecule has 0 aliphatic heterocycles. The molecule has 0 bridgehead atoms. The number of pyridine rings is 1. The average Bonchev–Trinajstić information content (AvgIpc) is 2.95. The molecule has 0 unspecified atom stereocenters. The monoisotopic (exact) mass is 386 g/mol. The number of hydrogen-bond donors (Lipinski definition) is 2. The Morgan fingerprint density at radius 1 is 1.14 bits per heavy atom. The van der Waals surface area contributed by atoms with E-state index in [2.05, 4.69) is 32.7 Å². The van der Waals surface area contributed by atoms with Crippen LogP contribution in [0.25, 0.3) is 5.65 Å². The number of nitrogens with one attached hydrogen (secondary N) is 2. The highest BCUT2D eigenvalue weighted by Gasteiger charge is 2.12. The van der Waals surface area contributed by atoms with Crippen molar-refractivity contribution < 1.29 is 4.74 Å². The standard InChI is InChI=1S/C21H34N6O/c1-2-22-21(24-17-20-26-25-19-13-7-9-15-27(19)20)23-14-8-10-16-28-18-11-5-3-4-6-12-18/h7,9,13,15,18H,2-6,8,10-12,14,16-17H2,1H3,(H2,22,23,24). The fourth-order valence-electron chi connectivity index (χ4n) is 3.58. The molecule has 0 spiro atoms. The Labute approximate surface area is 168 Å². The number of ether oxygens (including phenoxy) is 1. The van der Waals surface area contributed by atoms with Crippen molar-refractivity contribution in [1.29, 1.82) is 0 Å². The summed E-state index contributed by atoms with van der Waals surface area (Å²) in [6, 6.07) is 5.88. The molecule has 1 saturated carbocycles. The molecule has 0 amide bonds. The van der Waals surface area contributed by atoms with E-state index in [1.165, 1.54) is 38.5 Å². The molecule has 154 valence electrons. The topological polar surface area (TPSA) is 75.8 Å². The zero-order chi connectivity index (χ0) is 19.4. The first-order valence-corrected chi connectivity index (χ1v) is 10.8. The first-order valence-electron chi connectivity index (χ1n) is 10.8. The van der Waals surface area contributed by atoms with E-state index in [1.807, 2.05) is 28.8 Å². The lowest BCUT2D eigenvalue weighted by Gasteiger charge is -2.15. The summed E-state index contributed by atoms with van der Waals surface area (Å²) in [4.78, 5) is 4.65. The highest BCUT2D eigenvalue weighted by Crippen LogP contribution is 2.19. The zero-order valence-electron chi connectivity index (χ0n) is 17.1. The summed E-state index contributed by atoms with van der Waals surface area (Å²) in [5.74, 6) is 1.66. The van der Waals surface area contributed by atoms with Crippen LogP contribution in [0, 0.1) is 0 Å². The molecule has 2 N–H and O–H groups in total. The minimum Gasteiger partial charge on any atom is -0.378 e. The fraction of sp³-hybridized carbons (Fsp3) is 0.667. The summed E-state index contributed by atoms with van der Waals surface area (Å²) in [7, 11) is 0. The van der Waals surface area contributed by atoms with E-state index in [-0.39, 0.29) is 0 Å². The third-order valence-electron chi connectivity index (χ3n) is 5.13. The van der Waals surface area contributed by atoms with Gasteiger partial charge in [-0.25, -0.2) is 4.99 Å². The molecule has 0 saturated heterocycles. The number of hydrogen-bond acceptors (Lipinski definition) is 4. The van der Waals surface area contributed by atoms with Crippen LogP contribution in [-0.4, -0.2) is 46.4 Å².